The summed E-state index contributed by atoms with van der Waals surface area (Å²) in [4.78, 5) is 15.8. The number of amides is 1. The second kappa shape index (κ2) is 10.0. The van der Waals surface area contributed by atoms with Crippen molar-refractivity contribution in [1.29, 1.82) is 0 Å². The van der Waals surface area contributed by atoms with Gasteiger partial charge < -0.3 is 10.6 Å². The highest BCUT2D eigenvalue weighted by Crippen LogP contribution is 2.13. The zero-order valence-electron chi connectivity index (χ0n) is 10.8. The molecule has 0 spiro atoms. The van der Waals surface area contributed by atoms with E-state index in [0.717, 1.165) is 25.2 Å². The molecule has 2 rings (SSSR count). The molecule has 2 N–H and O–H groups in total. The second-order valence-corrected chi connectivity index (χ2v) is 4.50. The fourth-order valence-electron chi connectivity index (χ4n) is 2.08. The molecule has 1 fully saturated rings. The van der Waals surface area contributed by atoms with E-state index in [-0.39, 0.29) is 30.7 Å². The van der Waals surface area contributed by atoms with Crippen molar-refractivity contribution in [2.24, 2.45) is 5.92 Å². The van der Waals surface area contributed by atoms with Crippen LogP contribution in [0.3, 0.4) is 0 Å². The number of carbonyl (C=O) groups is 1. The van der Waals surface area contributed by atoms with Gasteiger partial charge in [-0.25, -0.2) is 0 Å². The van der Waals surface area contributed by atoms with Crippen LogP contribution in [0, 0.1) is 5.92 Å². The quantitative estimate of drug-likeness (QED) is 0.874. The molecule has 0 radical (unpaired) electrons. The van der Waals surface area contributed by atoms with Gasteiger partial charge in [-0.2, -0.15) is 0 Å². The molecule has 1 atom stereocenters. The van der Waals surface area contributed by atoms with E-state index in [9.17, 15) is 4.79 Å². The van der Waals surface area contributed by atoms with Crippen LogP contribution < -0.4 is 10.6 Å². The Labute approximate surface area is 126 Å². The molecule has 1 amide bonds. The van der Waals surface area contributed by atoms with Crippen LogP contribution in [-0.4, -0.2) is 24.0 Å². The van der Waals surface area contributed by atoms with Gasteiger partial charge in [-0.3, -0.25) is 9.78 Å². The van der Waals surface area contributed by atoms with E-state index in [4.69, 9.17) is 0 Å². The Morgan fingerprint density at radius 1 is 1.42 bits per heavy atom. The summed E-state index contributed by atoms with van der Waals surface area (Å²) >= 11 is 0. The average molecular weight is 306 g/mol. The van der Waals surface area contributed by atoms with Gasteiger partial charge in [0.25, 0.3) is 0 Å². The number of halogens is 2. The van der Waals surface area contributed by atoms with Crippen molar-refractivity contribution in [3.63, 3.8) is 0 Å². The van der Waals surface area contributed by atoms with Crippen LogP contribution in [0.1, 0.15) is 25.0 Å². The number of nitrogens with one attached hydrogen (secondary N) is 2. The first-order valence-electron chi connectivity index (χ1n) is 6.22. The molecule has 2 heterocycles. The van der Waals surface area contributed by atoms with Crippen LogP contribution in [0.5, 0.6) is 0 Å². The Kier molecular flexibility index (Phi) is 9.57. The molecular weight excluding hydrogens is 285 g/mol. The van der Waals surface area contributed by atoms with Crippen molar-refractivity contribution in [3.05, 3.63) is 30.1 Å². The van der Waals surface area contributed by atoms with Crippen molar-refractivity contribution >= 4 is 30.7 Å². The van der Waals surface area contributed by atoms with Crippen LogP contribution in [0.4, 0.5) is 0 Å². The summed E-state index contributed by atoms with van der Waals surface area (Å²) in [5, 5.41) is 6.21. The predicted octanol–water partition coefficient (Wildman–Crippen LogP) is 1.93. The molecule has 0 bridgehead atoms. The zero-order chi connectivity index (χ0) is 11.9. The molecule has 1 aliphatic rings. The molecule has 108 valence electrons. The predicted molar refractivity (Wildman–Crippen MR) is 80.8 cm³/mol. The molecule has 1 aromatic rings. The van der Waals surface area contributed by atoms with Gasteiger partial charge in [-0.05, 0) is 44.0 Å². The van der Waals surface area contributed by atoms with Gasteiger partial charge in [0.2, 0.25) is 5.91 Å². The fraction of sp³-hybridized carbons (Fsp3) is 0.538. The fourth-order valence-corrected chi connectivity index (χ4v) is 2.08. The number of rotatable bonds is 5. The molecule has 0 aliphatic carbocycles. The first kappa shape index (κ1) is 18.2. The minimum Gasteiger partial charge on any atom is -0.350 e. The summed E-state index contributed by atoms with van der Waals surface area (Å²) in [6, 6.07) is 5.72. The number of hydrogen-bond donors (Lipinski definition) is 2. The van der Waals surface area contributed by atoms with Crippen molar-refractivity contribution in [2.45, 2.75) is 25.8 Å². The first-order valence-corrected chi connectivity index (χ1v) is 6.22. The molecule has 0 aromatic carbocycles. The van der Waals surface area contributed by atoms with Gasteiger partial charge in [-0.15, -0.1) is 24.8 Å². The second-order valence-electron chi connectivity index (χ2n) is 4.50. The minimum absolute atomic E-state index is 0. The maximum absolute atomic E-state index is 11.6. The lowest BCUT2D eigenvalue weighted by Gasteiger charge is -2.08. The monoisotopic (exact) mass is 305 g/mol. The van der Waals surface area contributed by atoms with E-state index in [2.05, 4.69) is 15.6 Å². The highest BCUT2D eigenvalue weighted by molar-refractivity contribution is 5.85. The molecule has 4 nitrogen and oxygen atoms in total. The maximum Gasteiger partial charge on any atom is 0.220 e. The standard InChI is InChI=1S/C13H19N3O.2ClH/c17-13(5-4-11-6-8-14-9-11)16-10-12-3-1-2-7-15-12;;/h1-3,7,11,14H,4-6,8-10H2,(H,16,17);2*1H. The van der Waals surface area contributed by atoms with Gasteiger partial charge in [0.1, 0.15) is 0 Å². The van der Waals surface area contributed by atoms with Gasteiger partial charge >= 0.3 is 0 Å². The van der Waals surface area contributed by atoms with Crippen molar-refractivity contribution in [2.75, 3.05) is 13.1 Å². The Balaban J connectivity index is 0.00000162. The van der Waals surface area contributed by atoms with Gasteiger partial charge in [-0.1, -0.05) is 6.07 Å². The van der Waals surface area contributed by atoms with Crippen LogP contribution in [-0.2, 0) is 11.3 Å². The summed E-state index contributed by atoms with van der Waals surface area (Å²) < 4.78 is 0. The van der Waals surface area contributed by atoms with E-state index in [1.54, 1.807) is 6.20 Å². The van der Waals surface area contributed by atoms with Crippen LogP contribution in [0.15, 0.2) is 24.4 Å². The largest absolute Gasteiger partial charge is 0.350 e. The van der Waals surface area contributed by atoms with Gasteiger partial charge in [0.05, 0.1) is 12.2 Å². The Hall–Kier alpha value is -0.840. The Morgan fingerprint density at radius 3 is 2.89 bits per heavy atom. The molecule has 1 saturated heterocycles. The maximum atomic E-state index is 11.6. The summed E-state index contributed by atoms with van der Waals surface area (Å²) in [7, 11) is 0. The Bertz CT molecular complexity index is 356. The average Bonchev–Trinajstić information content (AvgIpc) is 2.88. The van der Waals surface area contributed by atoms with E-state index >= 15 is 0 Å². The van der Waals surface area contributed by atoms with Crippen LogP contribution in [0.2, 0.25) is 0 Å². The number of hydrogen-bond acceptors (Lipinski definition) is 3. The molecule has 1 unspecified atom stereocenters. The summed E-state index contributed by atoms with van der Waals surface area (Å²) in [6.07, 6.45) is 4.55. The van der Waals surface area contributed by atoms with Crippen LogP contribution in [0.25, 0.3) is 0 Å². The topological polar surface area (TPSA) is 54.0 Å². The third-order valence-corrected chi connectivity index (χ3v) is 3.13. The first-order chi connectivity index (χ1) is 8.34. The molecule has 1 aliphatic heterocycles. The summed E-state index contributed by atoms with van der Waals surface area (Å²) in [6.45, 7) is 2.69. The zero-order valence-corrected chi connectivity index (χ0v) is 12.4. The van der Waals surface area contributed by atoms with E-state index < -0.39 is 0 Å². The van der Waals surface area contributed by atoms with E-state index in [0.29, 0.717) is 18.9 Å². The number of nitrogens with zero attached hydrogens (tertiary/aromatic N) is 1. The SMILES string of the molecule is Cl.Cl.O=C(CCC1CCNC1)NCc1ccccn1. The third kappa shape index (κ3) is 6.76. The number of aromatic nitrogens is 1. The van der Waals surface area contributed by atoms with E-state index in [1.165, 1.54) is 6.42 Å². The normalized spacial score (nSPS) is 17.2. The van der Waals surface area contributed by atoms with E-state index in [1.807, 2.05) is 18.2 Å². The minimum atomic E-state index is 0. The lowest BCUT2D eigenvalue weighted by atomic mass is 10.0. The summed E-state index contributed by atoms with van der Waals surface area (Å²) in [5.41, 5.74) is 0.906. The van der Waals surface area contributed by atoms with Crippen molar-refractivity contribution in [3.8, 4) is 0 Å². The van der Waals surface area contributed by atoms with Crippen LogP contribution >= 0.6 is 24.8 Å². The van der Waals surface area contributed by atoms with Crippen molar-refractivity contribution < 1.29 is 4.79 Å². The summed E-state index contributed by atoms with van der Waals surface area (Å²) in [5.74, 6) is 0.804. The third-order valence-electron chi connectivity index (χ3n) is 3.13. The molecule has 19 heavy (non-hydrogen) atoms. The smallest absolute Gasteiger partial charge is 0.220 e. The highest BCUT2D eigenvalue weighted by Gasteiger charge is 2.15. The van der Waals surface area contributed by atoms with Gasteiger partial charge in [0, 0.05) is 12.6 Å². The molecule has 0 saturated carbocycles. The lowest BCUT2D eigenvalue weighted by molar-refractivity contribution is -0.121. The lowest BCUT2D eigenvalue weighted by Crippen LogP contribution is -2.23. The van der Waals surface area contributed by atoms with Crippen molar-refractivity contribution in [1.82, 2.24) is 15.6 Å². The Morgan fingerprint density at radius 2 is 2.26 bits per heavy atom. The number of carbonyl (C=O) groups excluding carboxylic acids is 1. The molecule has 1 aromatic heterocycles. The molecular formula is C13H21Cl2N3O. The number of pyridine rings is 1. The molecule has 6 heteroatoms. The highest BCUT2D eigenvalue weighted by atomic mass is 35.5. The van der Waals surface area contributed by atoms with Gasteiger partial charge in [0.15, 0.2) is 0 Å².